The van der Waals surface area contributed by atoms with Crippen LogP contribution >= 0.6 is 0 Å². The van der Waals surface area contributed by atoms with Crippen LogP contribution in [0.5, 0.6) is 5.75 Å². The minimum atomic E-state index is -0.952. The SMILES string of the molecule is CNCC(O)c1c(OC)ccc(COC)c1F. The second-order valence-corrected chi connectivity index (χ2v) is 3.66. The van der Waals surface area contributed by atoms with Crippen molar-refractivity contribution in [1.29, 1.82) is 0 Å². The van der Waals surface area contributed by atoms with Crippen LogP contribution in [0.3, 0.4) is 0 Å². The van der Waals surface area contributed by atoms with E-state index in [9.17, 15) is 9.50 Å². The molecule has 1 aromatic carbocycles. The van der Waals surface area contributed by atoms with Gasteiger partial charge < -0.3 is 19.9 Å². The molecule has 0 saturated carbocycles. The van der Waals surface area contributed by atoms with Crippen LogP contribution in [-0.2, 0) is 11.3 Å². The van der Waals surface area contributed by atoms with Gasteiger partial charge >= 0.3 is 0 Å². The molecule has 1 unspecified atom stereocenters. The molecule has 1 atom stereocenters. The van der Waals surface area contributed by atoms with Crippen LogP contribution in [0.25, 0.3) is 0 Å². The number of hydrogen-bond acceptors (Lipinski definition) is 4. The Bertz CT molecular complexity index is 371. The first-order chi connectivity index (χ1) is 8.15. The minimum absolute atomic E-state index is 0.162. The van der Waals surface area contributed by atoms with Crippen molar-refractivity contribution in [1.82, 2.24) is 5.32 Å². The van der Waals surface area contributed by atoms with Crippen molar-refractivity contribution in [3.8, 4) is 5.75 Å². The van der Waals surface area contributed by atoms with Gasteiger partial charge in [0.2, 0.25) is 0 Å². The van der Waals surface area contributed by atoms with Gasteiger partial charge in [0, 0.05) is 19.2 Å². The van der Waals surface area contributed by atoms with Gasteiger partial charge in [0.15, 0.2) is 0 Å². The van der Waals surface area contributed by atoms with Crippen molar-refractivity contribution in [3.63, 3.8) is 0 Å². The third-order valence-corrected chi connectivity index (χ3v) is 2.47. The van der Waals surface area contributed by atoms with Crippen LogP contribution in [0, 0.1) is 5.82 Å². The number of aliphatic hydroxyl groups is 1. The Morgan fingerprint density at radius 2 is 2.12 bits per heavy atom. The molecule has 1 rings (SSSR count). The average molecular weight is 243 g/mol. The summed E-state index contributed by atoms with van der Waals surface area (Å²) in [5, 5.41) is 12.7. The Morgan fingerprint density at radius 1 is 1.41 bits per heavy atom. The summed E-state index contributed by atoms with van der Waals surface area (Å²) in [6.45, 7) is 0.415. The summed E-state index contributed by atoms with van der Waals surface area (Å²) in [5.41, 5.74) is 0.565. The Hall–Kier alpha value is -1.17. The molecule has 4 nitrogen and oxygen atoms in total. The second-order valence-electron chi connectivity index (χ2n) is 3.66. The monoisotopic (exact) mass is 243 g/mol. The Labute approximate surface area is 100 Å². The van der Waals surface area contributed by atoms with Crippen molar-refractivity contribution in [3.05, 3.63) is 29.1 Å². The van der Waals surface area contributed by atoms with E-state index in [-0.39, 0.29) is 18.7 Å². The van der Waals surface area contributed by atoms with Crippen LogP contribution in [0.1, 0.15) is 17.2 Å². The zero-order chi connectivity index (χ0) is 12.8. The molecule has 0 aliphatic heterocycles. The van der Waals surface area contributed by atoms with Gasteiger partial charge in [0.25, 0.3) is 0 Å². The predicted molar refractivity (Wildman–Crippen MR) is 62.6 cm³/mol. The predicted octanol–water partition coefficient (Wildman–Crippen LogP) is 1.23. The number of halogens is 1. The highest BCUT2D eigenvalue weighted by Crippen LogP contribution is 2.30. The summed E-state index contributed by atoms with van der Waals surface area (Å²) < 4.78 is 24.1. The summed E-state index contributed by atoms with van der Waals surface area (Å²) in [6, 6.07) is 3.22. The molecule has 0 heterocycles. The first kappa shape index (κ1) is 13.9. The van der Waals surface area contributed by atoms with E-state index in [1.54, 1.807) is 19.2 Å². The van der Waals surface area contributed by atoms with Gasteiger partial charge in [-0.25, -0.2) is 4.39 Å². The van der Waals surface area contributed by atoms with E-state index in [1.807, 2.05) is 0 Å². The van der Waals surface area contributed by atoms with Crippen molar-refractivity contribution >= 4 is 0 Å². The second kappa shape index (κ2) is 6.54. The molecule has 0 aliphatic carbocycles. The topological polar surface area (TPSA) is 50.7 Å². The van der Waals surface area contributed by atoms with Crippen LogP contribution in [0.4, 0.5) is 4.39 Å². The quantitative estimate of drug-likeness (QED) is 0.789. The van der Waals surface area contributed by atoms with E-state index >= 15 is 0 Å². The maximum absolute atomic E-state index is 14.1. The van der Waals surface area contributed by atoms with Crippen molar-refractivity contribution in [2.75, 3.05) is 27.8 Å². The molecule has 0 aromatic heterocycles. The Balaban J connectivity index is 3.17. The Morgan fingerprint density at radius 3 is 2.65 bits per heavy atom. The normalized spacial score (nSPS) is 12.5. The number of hydrogen-bond donors (Lipinski definition) is 2. The van der Waals surface area contributed by atoms with Crippen LogP contribution in [-0.4, -0.2) is 32.9 Å². The summed E-state index contributed by atoms with van der Waals surface area (Å²) in [4.78, 5) is 0. The van der Waals surface area contributed by atoms with Gasteiger partial charge in [0.05, 0.1) is 25.4 Å². The third-order valence-electron chi connectivity index (χ3n) is 2.47. The van der Waals surface area contributed by atoms with E-state index in [0.717, 1.165) is 0 Å². The molecule has 96 valence electrons. The highest BCUT2D eigenvalue weighted by atomic mass is 19.1. The molecule has 1 aromatic rings. The molecule has 0 radical (unpaired) electrons. The van der Waals surface area contributed by atoms with Gasteiger partial charge in [0.1, 0.15) is 11.6 Å². The maximum Gasteiger partial charge on any atom is 0.138 e. The number of rotatable bonds is 6. The number of likely N-dealkylation sites (N-methyl/N-ethyl adjacent to an activating group) is 1. The minimum Gasteiger partial charge on any atom is -0.496 e. The lowest BCUT2D eigenvalue weighted by molar-refractivity contribution is 0.163. The van der Waals surface area contributed by atoms with Crippen molar-refractivity contribution < 1.29 is 19.0 Å². The smallest absolute Gasteiger partial charge is 0.138 e. The molecule has 0 saturated heterocycles. The molecule has 2 N–H and O–H groups in total. The number of nitrogens with one attached hydrogen (secondary N) is 1. The summed E-state index contributed by atoms with van der Waals surface area (Å²) in [5.74, 6) is -0.140. The van der Waals surface area contributed by atoms with E-state index < -0.39 is 11.9 Å². The largest absolute Gasteiger partial charge is 0.496 e. The van der Waals surface area contributed by atoms with Gasteiger partial charge in [-0.3, -0.25) is 0 Å². The van der Waals surface area contributed by atoms with E-state index in [4.69, 9.17) is 9.47 Å². The first-order valence-electron chi connectivity index (χ1n) is 5.32. The number of aliphatic hydroxyl groups excluding tert-OH is 1. The molecule has 0 amide bonds. The summed E-state index contributed by atoms with van der Waals surface area (Å²) in [6.07, 6.45) is -0.952. The lowest BCUT2D eigenvalue weighted by Crippen LogP contribution is -2.19. The molecule has 0 fully saturated rings. The molecule has 0 aliphatic rings. The Kier molecular flexibility index (Phi) is 5.34. The van der Waals surface area contributed by atoms with E-state index in [2.05, 4.69) is 5.32 Å². The molecule has 5 heteroatoms. The fraction of sp³-hybridized carbons (Fsp3) is 0.500. The van der Waals surface area contributed by atoms with E-state index in [0.29, 0.717) is 11.3 Å². The highest BCUT2D eigenvalue weighted by Gasteiger charge is 2.20. The summed E-state index contributed by atoms with van der Waals surface area (Å²) in [7, 11) is 4.63. The fourth-order valence-electron chi connectivity index (χ4n) is 1.67. The van der Waals surface area contributed by atoms with Crippen LogP contribution in [0.15, 0.2) is 12.1 Å². The third kappa shape index (κ3) is 3.15. The fourth-order valence-corrected chi connectivity index (χ4v) is 1.67. The highest BCUT2D eigenvalue weighted by molar-refractivity contribution is 5.40. The van der Waals surface area contributed by atoms with E-state index in [1.165, 1.54) is 14.2 Å². The molecule has 17 heavy (non-hydrogen) atoms. The van der Waals surface area contributed by atoms with Crippen LogP contribution in [0.2, 0.25) is 0 Å². The van der Waals surface area contributed by atoms with Gasteiger partial charge in [-0.05, 0) is 13.1 Å². The van der Waals surface area contributed by atoms with Gasteiger partial charge in [-0.2, -0.15) is 0 Å². The number of methoxy groups -OCH3 is 2. The standard InChI is InChI=1S/C12H18FNO3/c1-14-6-9(15)11-10(17-3)5-4-8(7-16-2)12(11)13/h4-5,9,14-15H,6-7H2,1-3H3. The number of ether oxygens (including phenoxy) is 2. The van der Waals surface area contributed by atoms with Crippen molar-refractivity contribution in [2.45, 2.75) is 12.7 Å². The van der Waals surface area contributed by atoms with Gasteiger partial charge in [-0.15, -0.1) is 0 Å². The first-order valence-corrected chi connectivity index (χ1v) is 5.32. The number of benzene rings is 1. The van der Waals surface area contributed by atoms with Crippen LogP contribution < -0.4 is 10.1 Å². The van der Waals surface area contributed by atoms with Gasteiger partial charge in [-0.1, -0.05) is 6.07 Å². The molecule has 0 bridgehead atoms. The maximum atomic E-state index is 14.1. The molecular formula is C12H18FNO3. The molecular weight excluding hydrogens is 225 g/mol. The lowest BCUT2D eigenvalue weighted by Gasteiger charge is -2.17. The zero-order valence-electron chi connectivity index (χ0n) is 10.3. The molecule has 0 spiro atoms. The average Bonchev–Trinajstić information content (AvgIpc) is 2.31. The lowest BCUT2D eigenvalue weighted by atomic mass is 10.0. The zero-order valence-corrected chi connectivity index (χ0v) is 10.3. The summed E-state index contributed by atoms with van der Waals surface area (Å²) >= 11 is 0. The van der Waals surface area contributed by atoms with Crippen molar-refractivity contribution in [2.24, 2.45) is 0 Å².